The number of rotatable bonds is 5. The van der Waals surface area contributed by atoms with Crippen molar-refractivity contribution in [1.29, 1.82) is 0 Å². The number of H-pyrrole nitrogens is 1. The second kappa shape index (κ2) is 5.70. The van der Waals surface area contributed by atoms with E-state index in [1.807, 2.05) is 26.8 Å². The summed E-state index contributed by atoms with van der Waals surface area (Å²) in [6.07, 6.45) is 0.802. The zero-order chi connectivity index (χ0) is 14.9. The number of aromatic nitrogens is 3. The van der Waals surface area contributed by atoms with E-state index in [2.05, 4.69) is 9.97 Å². The maximum Gasteiger partial charge on any atom is 0.278 e. The molecule has 2 heterocycles. The maximum absolute atomic E-state index is 12.6. The summed E-state index contributed by atoms with van der Waals surface area (Å²) in [5.74, 6) is -0.317. The molecular formula is C13H18N4O2S. The van der Waals surface area contributed by atoms with Crippen LogP contribution in [0.1, 0.15) is 32.0 Å². The lowest BCUT2D eigenvalue weighted by molar-refractivity contribution is -0.115. The number of carbonyl (C=O) groups is 1. The third-order valence-electron chi connectivity index (χ3n) is 3.16. The highest BCUT2D eigenvalue weighted by molar-refractivity contribution is 7.99. The van der Waals surface area contributed by atoms with E-state index in [1.165, 1.54) is 11.8 Å². The van der Waals surface area contributed by atoms with E-state index in [-0.39, 0.29) is 17.4 Å². The number of fused-ring (bicyclic) bond motifs is 1. The lowest BCUT2D eigenvalue weighted by Crippen LogP contribution is -2.26. The Bertz CT molecular complexity index is 704. The Balaban J connectivity index is 2.62. The molecule has 0 bridgehead atoms. The van der Waals surface area contributed by atoms with Gasteiger partial charge in [0.15, 0.2) is 5.16 Å². The van der Waals surface area contributed by atoms with Gasteiger partial charge in [-0.05, 0) is 26.3 Å². The van der Waals surface area contributed by atoms with Crippen molar-refractivity contribution in [3.63, 3.8) is 0 Å². The van der Waals surface area contributed by atoms with Crippen LogP contribution in [0.3, 0.4) is 0 Å². The van der Waals surface area contributed by atoms with Crippen LogP contribution >= 0.6 is 11.8 Å². The lowest BCUT2D eigenvalue weighted by Gasteiger charge is -2.16. The molecule has 0 radical (unpaired) electrons. The predicted octanol–water partition coefficient (Wildman–Crippen LogP) is 1.58. The first-order valence-corrected chi connectivity index (χ1v) is 7.45. The topological polar surface area (TPSA) is 93.8 Å². The van der Waals surface area contributed by atoms with Crippen molar-refractivity contribution in [2.45, 2.75) is 38.4 Å². The lowest BCUT2D eigenvalue weighted by atomic mass is 10.2. The smallest absolute Gasteiger partial charge is 0.278 e. The van der Waals surface area contributed by atoms with E-state index in [4.69, 9.17) is 5.73 Å². The fraction of sp³-hybridized carbons (Fsp3) is 0.462. The van der Waals surface area contributed by atoms with Crippen LogP contribution in [0.25, 0.3) is 11.0 Å². The Kier molecular flexibility index (Phi) is 4.17. The molecule has 0 aliphatic heterocycles. The molecule has 7 heteroatoms. The predicted molar refractivity (Wildman–Crippen MR) is 80.0 cm³/mol. The molecule has 108 valence electrons. The standard InChI is InChI=1S/C13H18N4O2S/c1-4-8(3)17-12(19)11-9(5-7(2)15-11)16-13(17)20-6-10(14)18/h5,8,15H,4,6H2,1-3H3,(H2,14,18)/t8-/m1/s1. The van der Waals surface area contributed by atoms with Gasteiger partial charge in [0, 0.05) is 11.7 Å². The van der Waals surface area contributed by atoms with Crippen molar-refractivity contribution < 1.29 is 4.79 Å². The molecule has 0 aromatic carbocycles. The molecule has 3 N–H and O–H groups in total. The molecule has 1 amide bonds. The first-order valence-electron chi connectivity index (χ1n) is 6.47. The first-order chi connectivity index (χ1) is 9.43. The molecule has 2 aromatic heterocycles. The van der Waals surface area contributed by atoms with E-state index < -0.39 is 5.91 Å². The van der Waals surface area contributed by atoms with Crippen LogP contribution in [-0.2, 0) is 4.79 Å². The van der Waals surface area contributed by atoms with Crippen LogP contribution in [0.4, 0.5) is 0 Å². The van der Waals surface area contributed by atoms with E-state index >= 15 is 0 Å². The zero-order valence-corrected chi connectivity index (χ0v) is 12.6. The van der Waals surface area contributed by atoms with Gasteiger partial charge < -0.3 is 10.7 Å². The number of aromatic amines is 1. The van der Waals surface area contributed by atoms with Gasteiger partial charge in [-0.1, -0.05) is 18.7 Å². The Morgan fingerprint density at radius 1 is 1.60 bits per heavy atom. The van der Waals surface area contributed by atoms with Gasteiger partial charge in [-0.15, -0.1) is 0 Å². The van der Waals surface area contributed by atoms with Gasteiger partial charge in [0.2, 0.25) is 5.91 Å². The Hall–Kier alpha value is -1.76. The van der Waals surface area contributed by atoms with Crippen molar-refractivity contribution >= 4 is 28.7 Å². The van der Waals surface area contributed by atoms with Crippen molar-refractivity contribution in [3.05, 3.63) is 22.1 Å². The van der Waals surface area contributed by atoms with Crippen LogP contribution in [0.2, 0.25) is 0 Å². The van der Waals surface area contributed by atoms with Gasteiger partial charge in [0.1, 0.15) is 5.52 Å². The highest BCUT2D eigenvalue weighted by Crippen LogP contribution is 2.22. The monoisotopic (exact) mass is 294 g/mol. The Morgan fingerprint density at radius 2 is 2.30 bits per heavy atom. The van der Waals surface area contributed by atoms with Crippen LogP contribution in [0.15, 0.2) is 16.0 Å². The minimum atomic E-state index is -0.426. The summed E-state index contributed by atoms with van der Waals surface area (Å²) in [5, 5.41) is 0.537. The first kappa shape index (κ1) is 14.6. The number of nitrogens with zero attached hydrogens (tertiary/aromatic N) is 2. The maximum atomic E-state index is 12.6. The average molecular weight is 294 g/mol. The Labute approximate surface area is 120 Å². The summed E-state index contributed by atoms with van der Waals surface area (Å²) >= 11 is 1.20. The zero-order valence-electron chi connectivity index (χ0n) is 11.8. The number of aryl methyl sites for hydroxylation is 1. The molecular weight excluding hydrogens is 276 g/mol. The summed E-state index contributed by atoms with van der Waals surface area (Å²) in [7, 11) is 0. The van der Waals surface area contributed by atoms with Gasteiger partial charge in [0.25, 0.3) is 5.56 Å². The van der Waals surface area contributed by atoms with E-state index in [1.54, 1.807) is 4.57 Å². The summed E-state index contributed by atoms with van der Waals surface area (Å²) in [6.45, 7) is 5.84. The summed E-state index contributed by atoms with van der Waals surface area (Å²) in [5.41, 5.74) is 7.08. The molecule has 6 nitrogen and oxygen atoms in total. The molecule has 0 spiro atoms. The molecule has 0 saturated carbocycles. The number of amides is 1. The number of nitrogens with two attached hydrogens (primary N) is 1. The van der Waals surface area contributed by atoms with E-state index in [0.29, 0.717) is 16.2 Å². The third kappa shape index (κ3) is 2.72. The van der Waals surface area contributed by atoms with Gasteiger partial charge >= 0.3 is 0 Å². The minimum absolute atomic E-state index is 0.0124. The Morgan fingerprint density at radius 3 is 2.90 bits per heavy atom. The molecule has 2 aromatic rings. The normalized spacial score (nSPS) is 12.8. The summed E-state index contributed by atoms with van der Waals surface area (Å²) < 4.78 is 1.63. The van der Waals surface area contributed by atoms with Gasteiger partial charge in [-0.25, -0.2) is 4.98 Å². The number of carbonyl (C=O) groups excluding carboxylic acids is 1. The number of hydrogen-bond acceptors (Lipinski definition) is 4. The van der Waals surface area contributed by atoms with Crippen LogP contribution in [0, 0.1) is 6.92 Å². The van der Waals surface area contributed by atoms with E-state index in [0.717, 1.165) is 12.1 Å². The number of nitrogens with one attached hydrogen (secondary N) is 1. The van der Waals surface area contributed by atoms with Gasteiger partial charge in [0.05, 0.1) is 11.3 Å². The molecule has 20 heavy (non-hydrogen) atoms. The molecule has 2 rings (SSSR count). The summed E-state index contributed by atoms with van der Waals surface area (Å²) in [4.78, 5) is 31.1. The number of primary amides is 1. The molecule has 1 atom stereocenters. The van der Waals surface area contributed by atoms with Crippen molar-refractivity contribution in [2.75, 3.05) is 5.75 Å². The average Bonchev–Trinajstić information content (AvgIpc) is 2.76. The fourth-order valence-corrected chi connectivity index (χ4v) is 2.83. The second-order valence-electron chi connectivity index (χ2n) is 4.79. The molecule has 0 aliphatic rings. The second-order valence-corrected chi connectivity index (χ2v) is 5.74. The van der Waals surface area contributed by atoms with Gasteiger partial charge in [-0.2, -0.15) is 0 Å². The number of hydrogen-bond donors (Lipinski definition) is 2. The number of thioether (sulfide) groups is 1. The highest BCUT2D eigenvalue weighted by atomic mass is 32.2. The molecule has 0 unspecified atom stereocenters. The molecule has 0 saturated heterocycles. The van der Waals surface area contributed by atoms with Crippen molar-refractivity contribution in [1.82, 2.24) is 14.5 Å². The van der Waals surface area contributed by atoms with Crippen LogP contribution in [0.5, 0.6) is 0 Å². The minimum Gasteiger partial charge on any atom is -0.369 e. The van der Waals surface area contributed by atoms with Crippen molar-refractivity contribution in [3.8, 4) is 0 Å². The largest absolute Gasteiger partial charge is 0.369 e. The molecule has 0 aliphatic carbocycles. The van der Waals surface area contributed by atoms with Crippen molar-refractivity contribution in [2.24, 2.45) is 5.73 Å². The van der Waals surface area contributed by atoms with Crippen LogP contribution in [-0.4, -0.2) is 26.2 Å². The summed E-state index contributed by atoms with van der Waals surface area (Å²) in [6, 6.07) is 1.84. The van der Waals surface area contributed by atoms with Gasteiger partial charge in [-0.3, -0.25) is 14.2 Å². The molecule has 0 fully saturated rings. The van der Waals surface area contributed by atoms with E-state index in [9.17, 15) is 9.59 Å². The SMILES string of the molecule is CC[C@@H](C)n1c(SCC(N)=O)nc2cc(C)[nH]c2c1=O. The highest BCUT2D eigenvalue weighted by Gasteiger charge is 2.17. The fourth-order valence-electron chi connectivity index (χ4n) is 2.00. The third-order valence-corrected chi connectivity index (χ3v) is 4.14. The van der Waals surface area contributed by atoms with Crippen LogP contribution < -0.4 is 11.3 Å². The quantitative estimate of drug-likeness (QED) is 0.646.